The van der Waals surface area contributed by atoms with Gasteiger partial charge in [-0.05, 0) is 24.6 Å². The van der Waals surface area contributed by atoms with Crippen molar-refractivity contribution in [3.8, 4) is 5.75 Å². The van der Waals surface area contributed by atoms with Crippen molar-refractivity contribution < 1.29 is 19.4 Å². The van der Waals surface area contributed by atoms with Crippen LogP contribution in [0.1, 0.15) is 28.6 Å². The highest BCUT2D eigenvalue weighted by Crippen LogP contribution is 2.35. The number of aliphatic hydroxyl groups is 1. The summed E-state index contributed by atoms with van der Waals surface area (Å²) in [7, 11) is 0. The van der Waals surface area contributed by atoms with E-state index in [0.29, 0.717) is 29.5 Å². The summed E-state index contributed by atoms with van der Waals surface area (Å²) in [5, 5.41) is 22.7. The molecule has 2 heterocycles. The summed E-state index contributed by atoms with van der Waals surface area (Å²) >= 11 is 0. The Bertz CT molecular complexity index is 602. The molecule has 1 unspecified atom stereocenters. The summed E-state index contributed by atoms with van der Waals surface area (Å²) in [4.78, 5) is 11.7. The zero-order chi connectivity index (χ0) is 12.0. The van der Waals surface area contributed by atoms with Crippen molar-refractivity contribution in [3.63, 3.8) is 0 Å². The second-order valence-electron chi connectivity index (χ2n) is 4.09. The molecule has 0 fully saturated rings. The summed E-state index contributed by atoms with van der Waals surface area (Å²) in [6.45, 7) is 0.407. The van der Waals surface area contributed by atoms with Crippen molar-refractivity contribution in [2.24, 2.45) is 0 Å². The first-order valence-electron chi connectivity index (χ1n) is 5.38. The third kappa shape index (κ3) is 1.47. The van der Waals surface area contributed by atoms with Crippen molar-refractivity contribution in [1.29, 1.82) is 0 Å². The lowest BCUT2D eigenvalue weighted by molar-refractivity contribution is 0.0931. The molecular weight excluding hydrogens is 222 g/mol. The number of hydrogen-bond acceptors (Lipinski definition) is 4. The second kappa shape index (κ2) is 3.49. The highest BCUT2D eigenvalue weighted by molar-refractivity contribution is 6.00. The SMILES string of the molecule is O=C1NCCC(O)c2c1oc1ccc(O)cc21. The van der Waals surface area contributed by atoms with Crippen LogP contribution in [0.5, 0.6) is 5.75 Å². The third-order valence-corrected chi connectivity index (χ3v) is 2.95. The molecule has 1 aliphatic heterocycles. The van der Waals surface area contributed by atoms with E-state index in [-0.39, 0.29) is 17.4 Å². The summed E-state index contributed by atoms with van der Waals surface area (Å²) in [5.74, 6) is -0.110. The Morgan fingerprint density at radius 3 is 3.06 bits per heavy atom. The van der Waals surface area contributed by atoms with Crippen LogP contribution in [0.15, 0.2) is 22.6 Å². The number of fused-ring (bicyclic) bond motifs is 3. The average molecular weight is 233 g/mol. The summed E-state index contributed by atoms with van der Waals surface area (Å²) in [6.07, 6.45) is -0.324. The van der Waals surface area contributed by atoms with Crippen molar-refractivity contribution in [2.45, 2.75) is 12.5 Å². The van der Waals surface area contributed by atoms with E-state index in [2.05, 4.69) is 5.32 Å². The maximum absolute atomic E-state index is 11.7. The van der Waals surface area contributed by atoms with Crippen LogP contribution in [0.3, 0.4) is 0 Å². The van der Waals surface area contributed by atoms with Crippen LogP contribution < -0.4 is 5.32 Å². The monoisotopic (exact) mass is 233 g/mol. The minimum Gasteiger partial charge on any atom is -0.508 e. The minimum atomic E-state index is -0.757. The molecular formula is C12H11NO4. The Morgan fingerprint density at radius 1 is 1.41 bits per heavy atom. The van der Waals surface area contributed by atoms with Crippen LogP contribution in [0.25, 0.3) is 11.0 Å². The van der Waals surface area contributed by atoms with E-state index in [0.717, 1.165) is 0 Å². The van der Waals surface area contributed by atoms with E-state index in [1.54, 1.807) is 6.07 Å². The van der Waals surface area contributed by atoms with Crippen LogP contribution in [-0.2, 0) is 0 Å². The number of benzene rings is 1. The third-order valence-electron chi connectivity index (χ3n) is 2.95. The van der Waals surface area contributed by atoms with E-state index in [4.69, 9.17) is 4.42 Å². The number of carbonyl (C=O) groups excluding carboxylic acids is 1. The molecule has 1 aromatic carbocycles. The fourth-order valence-electron chi connectivity index (χ4n) is 2.15. The molecule has 0 aliphatic carbocycles. The molecule has 0 saturated heterocycles. The van der Waals surface area contributed by atoms with Crippen LogP contribution in [0.2, 0.25) is 0 Å². The minimum absolute atomic E-state index is 0.0814. The first kappa shape index (κ1) is 10.2. The molecule has 17 heavy (non-hydrogen) atoms. The number of hydrogen-bond donors (Lipinski definition) is 3. The van der Waals surface area contributed by atoms with Gasteiger partial charge in [-0.1, -0.05) is 0 Å². The molecule has 2 aromatic rings. The first-order valence-corrected chi connectivity index (χ1v) is 5.38. The lowest BCUT2D eigenvalue weighted by Gasteiger charge is -2.05. The summed E-state index contributed by atoms with van der Waals surface area (Å²) < 4.78 is 5.42. The molecule has 1 atom stereocenters. The van der Waals surface area contributed by atoms with E-state index >= 15 is 0 Å². The van der Waals surface area contributed by atoms with E-state index in [1.807, 2.05) is 0 Å². The molecule has 3 rings (SSSR count). The number of phenolic OH excluding ortho intramolecular Hbond substituents is 1. The molecule has 0 bridgehead atoms. The van der Waals surface area contributed by atoms with Crippen molar-refractivity contribution in [3.05, 3.63) is 29.5 Å². The van der Waals surface area contributed by atoms with Crippen LogP contribution in [0.4, 0.5) is 0 Å². The zero-order valence-corrected chi connectivity index (χ0v) is 8.93. The number of rotatable bonds is 0. The van der Waals surface area contributed by atoms with Gasteiger partial charge in [-0.2, -0.15) is 0 Å². The Labute approximate surface area is 96.7 Å². The fraction of sp³-hybridized carbons (Fsp3) is 0.250. The number of nitrogens with one attached hydrogen (secondary N) is 1. The van der Waals surface area contributed by atoms with Gasteiger partial charge < -0.3 is 19.9 Å². The standard InChI is InChI=1S/C12H11NO4/c14-6-1-2-9-7(5-6)10-8(15)3-4-13-12(16)11(10)17-9/h1-2,5,8,14-15H,3-4H2,(H,13,16). The highest BCUT2D eigenvalue weighted by atomic mass is 16.4. The lowest BCUT2D eigenvalue weighted by atomic mass is 10.0. The Hall–Kier alpha value is -2.01. The fourth-order valence-corrected chi connectivity index (χ4v) is 2.15. The molecule has 0 spiro atoms. The molecule has 1 aliphatic rings. The number of carbonyl (C=O) groups is 1. The largest absolute Gasteiger partial charge is 0.508 e. The number of furan rings is 1. The highest BCUT2D eigenvalue weighted by Gasteiger charge is 2.28. The lowest BCUT2D eigenvalue weighted by Crippen LogP contribution is -2.22. The average Bonchev–Trinajstić information content (AvgIpc) is 2.60. The van der Waals surface area contributed by atoms with Gasteiger partial charge in [0.15, 0.2) is 5.76 Å². The number of phenols is 1. The predicted octanol–water partition coefficient (Wildman–Crippen LogP) is 1.31. The van der Waals surface area contributed by atoms with Gasteiger partial charge in [0.2, 0.25) is 0 Å². The van der Waals surface area contributed by atoms with Crippen LogP contribution in [0, 0.1) is 0 Å². The van der Waals surface area contributed by atoms with Crippen molar-refractivity contribution in [1.82, 2.24) is 5.32 Å². The van der Waals surface area contributed by atoms with E-state index in [1.165, 1.54) is 12.1 Å². The molecule has 5 heteroatoms. The molecule has 1 aromatic heterocycles. The molecule has 0 radical (unpaired) electrons. The van der Waals surface area contributed by atoms with Gasteiger partial charge in [-0.3, -0.25) is 4.79 Å². The van der Waals surface area contributed by atoms with Gasteiger partial charge in [0.05, 0.1) is 6.10 Å². The van der Waals surface area contributed by atoms with E-state index in [9.17, 15) is 15.0 Å². The topological polar surface area (TPSA) is 82.7 Å². The maximum atomic E-state index is 11.7. The molecule has 1 amide bonds. The van der Waals surface area contributed by atoms with Gasteiger partial charge in [0.1, 0.15) is 11.3 Å². The predicted molar refractivity (Wildman–Crippen MR) is 59.8 cm³/mol. The molecule has 5 nitrogen and oxygen atoms in total. The van der Waals surface area contributed by atoms with Gasteiger partial charge in [-0.25, -0.2) is 0 Å². The normalized spacial score (nSPS) is 19.8. The van der Waals surface area contributed by atoms with Gasteiger partial charge >= 0.3 is 0 Å². The van der Waals surface area contributed by atoms with Gasteiger partial charge in [-0.15, -0.1) is 0 Å². The van der Waals surface area contributed by atoms with Crippen LogP contribution in [-0.4, -0.2) is 22.7 Å². The quantitative estimate of drug-likeness (QED) is 0.640. The molecule has 3 N–H and O–H groups in total. The van der Waals surface area contributed by atoms with Gasteiger partial charge in [0, 0.05) is 17.5 Å². The zero-order valence-electron chi connectivity index (χ0n) is 8.93. The Kier molecular flexibility index (Phi) is 2.09. The maximum Gasteiger partial charge on any atom is 0.287 e. The summed E-state index contributed by atoms with van der Waals surface area (Å²) in [6, 6.07) is 4.56. The molecule has 0 saturated carbocycles. The summed E-state index contributed by atoms with van der Waals surface area (Å²) in [5.41, 5.74) is 0.954. The number of amides is 1. The Balaban J connectivity index is 2.34. The van der Waals surface area contributed by atoms with Gasteiger partial charge in [0.25, 0.3) is 5.91 Å². The number of aliphatic hydroxyl groups excluding tert-OH is 1. The van der Waals surface area contributed by atoms with Crippen molar-refractivity contribution >= 4 is 16.9 Å². The molecule has 88 valence electrons. The van der Waals surface area contributed by atoms with Crippen LogP contribution >= 0.6 is 0 Å². The smallest absolute Gasteiger partial charge is 0.287 e. The second-order valence-corrected chi connectivity index (χ2v) is 4.09. The first-order chi connectivity index (χ1) is 8.16. The van der Waals surface area contributed by atoms with E-state index < -0.39 is 6.10 Å². The van der Waals surface area contributed by atoms with Crippen molar-refractivity contribution in [2.75, 3.05) is 6.54 Å². The number of aromatic hydroxyl groups is 1. The Morgan fingerprint density at radius 2 is 2.24 bits per heavy atom.